The predicted molar refractivity (Wildman–Crippen MR) is 82.9 cm³/mol. The molecule has 0 aliphatic carbocycles. The molecular weight excluding hydrogens is 270 g/mol. The van der Waals surface area contributed by atoms with Crippen LogP contribution >= 0.6 is 11.3 Å². The fraction of sp³-hybridized carbons (Fsp3) is 0.733. The quantitative estimate of drug-likeness (QED) is 0.894. The van der Waals surface area contributed by atoms with Crippen LogP contribution < -0.4 is 5.73 Å². The number of nitrogens with two attached hydrogens (primary N) is 1. The Balaban J connectivity index is 1.51. The van der Waals surface area contributed by atoms with Gasteiger partial charge in [-0.3, -0.25) is 9.80 Å². The van der Waals surface area contributed by atoms with Crippen molar-refractivity contribution in [2.45, 2.75) is 32.0 Å². The van der Waals surface area contributed by atoms with Gasteiger partial charge in [0.05, 0.1) is 12.7 Å². The molecule has 2 aliphatic heterocycles. The Kier molecular flexibility index (Phi) is 5.07. The Morgan fingerprint density at radius 3 is 2.85 bits per heavy atom. The maximum atomic E-state index is 5.70. The molecule has 5 heteroatoms. The summed E-state index contributed by atoms with van der Waals surface area (Å²) in [5.74, 6) is 0. The minimum absolute atomic E-state index is 0.216. The van der Waals surface area contributed by atoms with Crippen molar-refractivity contribution in [2.75, 3.05) is 39.3 Å². The molecule has 0 saturated carbocycles. The molecule has 4 nitrogen and oxygen atoms in total. The van der Waals surface area contributed by atoms with Crippen LogP contribution in [0.15, 0.2) is 11.4 Å². The number of rotatable bonds is 5. The van der Waals surface area contributed by atoms with Crippen LogP contribution in [0.3, 0.4) is 0 Å². The van der Waals surface area contributed by atoms with Crippen LogP contribution in [0.2, 0.25) is 0 Å². The fourth-order valence-electron chi connectivity index (χ4n) is 3.08. The van der Waals surface area contributed by atoms with E-state index in [1.165, 1.54) is 36.4 Å². The average Bonchev–Trinajstić information content (AvgIpc) is 3.12. The van der Waals surface area contributed by atoms with Gasteiger partial charge in [0.2, 0.25) is 0 Å². The Morgan fingerprint density at radius 2 is 2.05 bits per heavy atom. The van der Waals surface area contributed by atoms with E-state index in [-0.39, 0.29) is 6.10 Å². The van der Waals surface area contributed by atoms with E-state index in [0.717, 1.165) is 32.8 Å². The van der Waals surface area contributed by atoms with E-state index in [9.17, 15) is 0 Å². The molecule has 1 aromatic rings. The van der Waals surface area contributed by atoms with Gasteiger partial charge in [-0.05, 0) is 42.9 Å². The van der Waals surface area contributed by atoms with Crippen molar-refractivity contribution in [1.29, 1.82) is 0 Å². The smallest absolute Gasteiger partial charge is 0.0824 e. The van der Waals surface area contributed by atoms with Gasteiger partial charge < -0.3 is 10.5 Å². The summed E-state index contributed by atoms with van der Waals surface area (Å²) in [6.07, 6.45) is 2.95. The SMILES string of the molecule is NC[C@@H]1CN(Cc2cc(CN3CCCC3)cs2)CCO1. The maximum absolute atomic E-state index is 5.70. The first kappa shape index (κ1) is 14.5. The van der Waals surface area contributed by atoms with Crippen molar-refractivity contribution in [3.05, 3.63) is 21.9 Å². The molecule has 3 rings (SSSR count). The number of hydrogen-bond acceptors (Lipinski definition) is 5. The van der Waals surface area contributed by atoms with Crippen LogP contribution in [0.1, 0.15) is 23.3 Å². The van der Waals surface area contributed by atoms with Crippen LogP contribution in [-0.2, 0) is 17.8 Å². The third-order valence-corrected chi connectivity index (χ3v) is 5.15. The molecule has 2 aliphatic rings. The summed E-state index contributed by atoms with van der Waals surface area (Å²) in [5.41, 5.74) is 7.18. The zero-order chi connectivity index (χ0) is 13.8. The number of morpholine rings is 1. The Labute approximate surface area is 125 Å². The highest BCUT2D eigenvalue weighted by atomic mass is 32.1. The summed E-state index contributed by atoms with van der Waals surface area (Å²) < 4.78 is 5.62. The Hall–Kier alpha value is -0.460. The van der Waals surface area contributed by atoms with Crippen molar-refractivity contribution >= 4 is 11.3 Å². The summed E-state index contributed by atoms with van der Waals surface area (Å²) in [5, 5.41) is 2.33. The second-order valence-corrected chi connectivity index (χ2v) is 6.86. The molecule has 2 saturated heterocycles. The summed E-state index contributed by atoms with van der Waals surface area (Å²) >= 11 is 1.89. The number of hydrogen-bond donors (Lipinski definition) is 1. The van der Waals surface area contributed by atoms with Gasteiger partial charge in [-0.15, -0.1) is 11.3 Å². The zero-order valence-electron chi connectivity index (χ0n) is 12.1. The van der Waals surface area contributed by atoms with Crippen molar-refractivity contribution in [3.63, 3.8) is 0 Å². The summed E-state index contributed by atoms with van der Waals surface area (Å²) in [4.78, 5) is 6.49. The highest BCUT2D eigenvalue weighted by Gasteiger charge is 2.20. The van der Waals surface area contributed by atoms with Gasteiger partial charge in [0.15, 0.2) is 0 Å². The molecule has 0 spiro atoms. The van der Waals surface area contributed by atoms with E-state index in [0.29, 0.717) is 6.54 Å². The lowest BCUT2D eigenvalue weighted by molar-refractivity contribution is -0.0257. The second-order valence-electron chi connectivity index (χ2n) is 5.87. The largest absolute Gasteiger partial charge is 0.374 e. The molecule has 2 N–H and O–H groups in total. The van der Waals surface area contributed by atoms with Crippen LogP contribution in [0.25, 0.3) is 0 Å². The monoisotopic (exact) mass is 295 g/mol. The Bertz CT molecular complexity index is 417. The van der Waals surface area contributed by atoms with E-state index >= 15 is 0 Å². The lowest BCUT2D eigenvalue weighted by atomic mass is 10.2. The van der Waals surface area contributed by atoms with Gasteiger partial charge in [0.25, 0.3) is 0 Å². The van der Waals surface area contributed by atoms with E-state index < -0.39 is 0 Å². The molecule has 0 radical (unpaired) electrons. The third-order valence-electron chi connectivity index (χ3n) is 4.18. The van der Waals surface area contributed by atoms with Gasteiger partial charge in [-0.1, -0.05) is 0 Å². The molecule has 3 heterocycles. The van der Waals surface area contributed by atoms with Gasteiger partial charge in [0.1, 0.15) is 0 Å². The molecule has 1 atom stereocenters. The molecule has 0 aromatic carbocycles. The van der Waals surface area contributed by atoms with E-state index in [4.69, 9.17) is 10.5 Å². The molecule has 0 bridgehead atoms. The molecule has 112 valence electrons. The van der Waals surface area contributed by atoms with Crippen LogP contribution in [-0.4, -0.2) is 55.2 Å². The van der Waals surface area contributed by atoms with E-state index in [1.807, 2.05) is 11.3 Å². The van der Waals surface area contributed by atoms with E-state index in [1.54, 1.807) is 0 Å². The second kappa shape index (κ2) is 7.00. The van der Waals surface area contributed by atoms with Crippen LogP contribution in [0, 0.1) is 0 Å². The van der Waals surface area contributed by atoms with Crippen LogP contribution in [0.5, 0.6) is 0 Å². The maximum Gasteiger partial charge on any atom is 0.0824 e. The predicted octanol–water partition coefficient (Wildman–Crippen LogP) is 1.50. The standard InChI is InChI=1S/C15H25N3OS/c16-8-14-10-18(5-6-19-14)11-15-7-13(12-20-15)9-17-3-1-2-4-17/h7,12,14H,1-6,8-11,16H2/t14-/m1/s1. The number of thiophene rings is 1. The van der Waals surface area contributed by atoms with Crippen molar-refractivity contribution < 1.29 is 4.74 Å². The lowest BCUT2D eigenvalue weighted by Gasteiger charge is -2.31. The fourth-order valence-corrected chi connectivity index (χ4v) is 4.00. The minimum Gasteiger partial charge on any atom is -0.374 e. The molecule has 2 fully saturated rings. The van der Waals surface area contributed by atoms with Crippen molar-refractivity contribution in [3.8, 4) is 0 Å². The molecule has 20 heavy (non-hydrogen) atoms. The first-order chi connectivity index (χ1) is 9.83. The summed E-state index contributed by atoms with van der Waals surface area (Å²) in [7, 11) is 0. The topological polar surface area (TPSA) is 41.7 Å². The van der Waals surface area contributed by atoms with Gasteiger partial charge in [-0.25, -0.2) is 0 Å². The number of likely N-dealkylation sites (tertiary alicyclic amines) is 1. The van der Waals surface area contributed by atoms with Crippen molar-refractivity contribution in [1.82, 2.24) is 9.80 Å². The molecular formula is C15H25N3OS. The molecule has 1 aromatic heterocycles. The third kappa shape index (κ3) is 3.80. The van der Waals surface area contributed by atoms with Crippen molar-refractivity contribution in [2.24, 2.45) is 5.73 Å². The van der Waals surface area contributed by atoms with Gasteiger partial charge >= 0.3 is 0 Å². The highest BCUT2D eigenvalue weighted by Crippen LogP contribution is 2.21. The highest BCUT2D eigenvalue weighted by molar-refractivity contribution is 7.10. The van der Waals surface area contributed by atoms with Crippen LogP contribution in [0.4, 0.5) is 0 Å². The Morgan fingerprint density at radius 1 is 1.20 bits per heavy atom. The number of ether oxygens (including phenoxy) is 1. The normalized spacial score (nSPS) is 25.4. The summed E-state index contributed by atoms with van der Waals surface area (Å²) in [6.45, 7) is 8.15. The van der Waals surface area contributed by atoms with E-state index in [2.05, 4.69) is 21.2 Å². The van der Waals surface area contributed by atoms with Gasteiger partial charge in [0, 0.05) is 37.6 Å². The first-order valence-electron chi connectivity index (χ1n) is 7.66. The van der Waals surface area contributed by atoms with Gasteiger partial charge in [-0.2, -0.15) is 0 Å². The summed E-state index contributed by atoms with van der Waals surface area (Å²) in [6, 6.07) is 2.38. The number of nitrogens with zero attached hydrogens (tertiary/aromatic N) is 2. The molecule has 0 amide bonds. The first-order valence-corrected chi connectivity index (χ1v) is 8.54. The molecule has 0 unspecified atom stereocenters. The zero-order valence-corrected chi connectivity index (χ0v) is 12.9. The minimum atomic E-state index is 0.216. The lowest BCUT2D eigenvalue weighted by Crippen LogP contribution is -2.44. The average molecular weight is 295 g/mol.